The highest BCUT2D eigenvalue weighted by Gasteiger charge is 2.24. The second kappa shape index (κ2) is 7.34. The molecule has 0 spiro atoms. The van der Waals surface area contributed by atoms with Crippen LogP contribution in [0.3, 0.4) is 0 Å². The van der Waals surface area contributed by atoms with Gasteiger partial charge in [0.25, 0.3) is 0 Å². The van der Waals surface area contributed by atoms with Gasteiger partial charge in [-0.2, -0.15) is 0 Å². The molecule has 2 fully saturated rings. The van der Waals surface area contributed by atoms with Crippen molar-refractivity contribution < 1.29 is 9.59 Å². The third-order valence-corrected chi connectivity index (χ3v) is 6.59. The third-order valence-electron chi connectivity index (χ3n) is 5.33. The zero-order valence-corrected chi connectivity index (χ0v) is 15.3. The summed E-state index contributed by atoms with van der Waals surface area (Å²) in [6.07, 6.45) is 7.74. The van der Waals surface area contributed by atoms with E-state index in [1.54, 1.807) is 5.57 Å². The monoisotopic (exact) mass is 356 g/mol. The Morgan fingerprint density at radius 2 is 1.96 bits per heavy atom. The van der Waals surface area contributed by atoms with Gasteiger partial charge in [0.15, 0.2) is 5.78 Å². The number of carbonyl (C=O) groups is 2. The molecular formula is C20H24N2O2S. The quantitative estimate of drug-likeness (QED) is 0.833. The second-order valence-electron chi connectivity index (χ2n) is 7.19. The molecule has 0 aromatic heterocycles. The molecule has 25 heavy (non-hydrogen) atoms. The van der Waals surface area contributed by atoms with Crippen LogP contribution < -0.4 is 5.32 Å². The minimum atomic E-state index is 0.0592. The highest BCUT2D eigenvalue weighted by Crippen LogP contribution is 2.35. The lowest BCUT2D eigenvalue weighted by Crippen LogP contribution is -2.27. The van der Waals surface area contributed by atoms with Gasteiger partial charge >= 0.3 is 0 Å². The molecule has 1 N–H and O–H groups in total. The number of carbonyl (C=O) groups excluding carboxylic acids is 2. The van der Waals surface area contributed by atoms with Crippen LogP contribution in [0.1, 0.15) is 54.4 Å². The second-order valence-corrected chi connectivity index (χ2v) is 8.23. The number of nitrogens with one attached hydrogen (secondary N) is 1. The van der Waals surface area contributed by atoms with Crippen molar-refractivity contribution >= 4 is 29.1 Å². The maximum atomic E-state index is 12.7. The maximum absolute atomic E-state index is 12.7. The number of nitrogens with zero attached hydrogens (tertiary/aromatic N) is 1. The first-order valence-electron chi connectivity index (χ1n) is 9.21. The molecule has 4 rings (SSSR count). The Labute approximate surface area is 153 Å². The van der Waals surface area contributed by atoms with Crippen LogP contribution in [0.25, 0.3) is 0 Å². The Balaban J connectivity index is 1.40. The van der Waals surface area contributed by atoms with Gasteiger partial charge in [-0.3, -0.25) is 14.5 Å². The molecule has 0 atom stereocenters. The van der Waals surface area contributed by atoms with Gasteiger partial charge in [0, 0.05) is 30.1 Å². The Kier molecular flexibility index (Phi) is 4.95. The zero-order valence-electron chi connectivity index (χ0n) is 14.5. The summed E-state index contributed by atoms with van der Waals surface area (Å²) in [6.45, 7) is 1.42. The highest BCUT2D eigenvalue weighted by atomic mass is 32.2. The summed E-state index contributed by atoms with van der Waals surface area (Å²) in [6, 6.07) is 5.67. The van der Waals surface area contributed by atoms with Crippen molar-refractivity contribution in [2.75, 3.05) is 24.3 Å². The van der Waals surface area contributed by atoms with Crippen LogP contribution in [0.4, 0.5) is 5.69 Å². The van der Waals surface area contributed by atoms with Crippen LogP contribution in [0.15, 0.2) is 28.7 Å². The molecule has 0 bridgehead atoms. The number of thioether (sulfide) groups is 1. The fraction of sp³-hybridized carbons (Fsp3) is 0.500. The molecule has 1 aromatic rings. The fourth-order valence-electron chi connectivity index (χ4n) is 3.89. The van der Waals surface area contributed by atoms with Crippen LogP contribution in [0.2, 0.25) is 0 Å². The van der Waals surface area contributed by atoms with E-state index < -0.39 is 0 Å². The average Bonchev–Trinajstić information content (AvgIpc) is 3.10. The van der Waals surface area contributed by atoms with Crippen molar-refractivity contribution in [1.82, 2.24) is 4.90 Å². The van der Waals surface area contributed by atoms with E-state index in [1.165, 1.54) is 37.0 Å². The number of Topliss-reactive ketones (excluding diaryl/α,β-unsaturated/α-hetero) is 1. The lowest BCUT2D eigenvalue weighted by Gasteiger charge is -2.18. The van der Waals surface area contributed by atoms with Crippen molar-refractivity contribution in [3.63, 3.8) is 0 Å². The summed E-state index contributed by atoms with van der Waals surface area (Å²) >= 11 is 1.92. The highest BCUT2D eigenvalue weighted by molar-refractivity contribution is 8.03. The predicted molar refractivity (Wildman–Crippen MR) is 102 cm³/mol. The Morgan fingerprint density at radius 3 is 2.80 bits per heavy atom. The Hall–Kier alpha value is -1.59. The molecule has 1 saturated heterocycles. The number of hydrogen-bond donors (Lipinski definition) is 1. The summed E-state index contributed by atoms with van der Waals surface area (Å²) in [5.74, 6) is 1.16. The van der Waals surface area contributed by atoms with Gasteiger partial charge < -0.3 is 5.32 Å². The molecule has 2 heterocycles. The van der Waals surface area contributed by atoms with Gasteiger partial charge in [-0.05, 0) is 60.8 Å². The Morgan fingerprint density at radius 1 is 1.12 bits per heavy atom. The number of amides is 1. The van der Waals surface area contributed by atoms with E-state index in [-0.39, 0.29) is 11.7 Å². The first-order valence-corrected chi connectivity index (χ1v) is 10.2. The summed E-state index contributed by atoms with van der Waals surface area (Å²) in [5.41, 5.74) is 4.33. The average molecular weight is 356 g/mol. The van der Waals surface area contributed by atoms with E-state index in [2.05, 4.69) is 10.2 Å². The number of benzene rings is 1. The van der Waals surface area contributed by atoms with E-state index in [9.17, 15) is 9.59 Å². The SMILES string of the molecule is O=C1CCc2cc(C(=O)CN3CSC(=C4CCCCC4)C3)ccc2N1. The third kappa shape index (κ3) is 3.82. The molecule has 2 aliphatic heterocycles. The van der Waals surface area contributed by atoms with E-state index in [1.807, 2.05) is 30.0 Å². The molecule has 1 aliphatic carbocycles. The molecule has 1 amide bonds. The molecular weight excluding hydrogens is 332 g/mol. The summed E-state index contributed by atoms with van der Waals surface area (Å²) in [5, 5.41) is 2.87. The van der Waals surface area contributed by atoms with Gasteiger partial charge in [0.2, 0.25) is 5.91 Å². The number of hydrogen-bond acceptors (Lipinski definition) is 4. The molecule has 3 aliphatic rings. The smallest absolute Gasteiger partial charge is 0.224 e. The van der Waals surface area contributed by atoms with Crippen molar-refractivity contribution in [2.24, 2.45) is 0 Å². The van der Waals surface area contributed by atoms with Crippen LogP contribution in [0, 0.1) is 0 Å². The minimum Gasteiger partial charge on any atom is -0.326 e. The van der Waals surface area contributed by atoms with Gasteiger partial charge in [-0.25, -0.2) is 0 Å². The largest absolute Gasteiger partial charge is 0.326 e. The van der Waals surface area contributed by atoms with Gasteiger partial charge in [-0.15, -0.1) is 11.8 Å². The predicted octanol–water partition coefficient (Wildman–Crippen LogP) is 3.98. The van der Waals surface area contributed by atoms with E-state index in [0.717, 1.165) is 35.7 Å². The summed E-state index contributed by atoms with van der Waals surface area (Å²) in [4.78, 5) is 27.9. The van der Waals surface area contributed by atoms with E-state index >= 15 is 0 Å². The Bertz CT molecular complexity index is 733. The van der Waals surface area contributed by atoms with Crippen LogP contribution in [-0.4, -0.2) is 35.6 Å². The number of allylic oxidation sites excluding steroid dienone is 1. The molecule has 1 aromatic carbocycles. The summed E-state index contributed by atoms with van der Waals surface area (Å²) < 4.78 is 0. The summed E-state index contributed by atoms with van der Waals surface area (Å²) in [7, 11) is 0. The minimum absolute atomic E-state index is 0.0592. The molecule has 5 heteroatoms. The number of aryl methyl sites for hydroxylation is 1. The van der Waals surface area contributed by atoms with Crippen molar-refractivity contribution in [3.05, 3.63) is 39.8 Å². The molecule has 0 radical (unpaired) electrons. The number of anilines is 1. The van der Waals surface area contributed by atoms with E-state index in [4.69, 9.17) is 0 Å². The fourth-order valence-corrected chi connectivity index (χ4v) is 5.09. The lowest BCUT2D eigenvalue weighted by molar-refractivity contribution is -0.116. The lowest BCUT2D eigenvalue weighted by atomic mass is 9.94. The molecule has 132 valence electrons. The van der Waals surface area contributed by atoms with Crippen LogP contribution in [0.5, 0.6) is 0 Å². The van der Waals surface area contributed by atoms with Crippen molar-refractivity contribution in [1.29, 1.82) is 0 Å². The van der Waals surface area contributed by atoms with Gasteiger partial charge in [0.05, 0.1) is 6.54 Å². The maximum Gasteiger partial charge on any atom is 0.224 e. The number of ketones is 1. The molecule has 4 nitrogen and oxygen atoms in total. The standard InChI is InChI=1S/C20H24N2O2S/c23-18(16-6-8-17-15(10-16)7-9-20(24)21-17)11-22-12-19(25-13-22)14-4-2-1-3-5-14/h6,8,10H,1-5,7,9,11-13H2,(H,21,24). The van der Waals surface area contributed by atoms with E-state index in [0.29, 0.717) is 13.0 Å². The van der Waals surface area contributed by atoms with Crippen LogP contribution >= 0.6 is 11.8 Å². The topological polar surface area (TPSA) is 49.4 Å². The van der Waals surface area contributed by atoms with Crippen molar-refractivity contribution in [2.45, 2.75) is 44.9 Å². The number of fused-ring (bicyclic) bond motifs is 1. The molecule has 1 saturated carbocycles. The zero-order chi connectivity index (χ0) is 17.2. The van der Waals surface area contributed by atoms with Gasteiger partial charge in [0.1, 0.15) is 0 Å². The van der Waals surface area contributed by atoms with Crippen molar-refractivity contribution in [3.8, 4) is 0 Å². The number of rotatable bonds is 3. The van der Waals surface area contributed by atoms with Gasteiger partial charge in [-0.1, -0.05) is 12.0 Å². The normalized spacial score (nSPS) is 21.2. The van der Waals surface area contributed by atoms with Crippen LogP contribution in [-0.2, 0) is 11.2 Å². The molecule has 0 unspecified atom stereocenters. The first-order chi connectivity index (χ1) is 12.2. The first kappa shape index (κ1) is 16.9.